The maximum atomic E-state index is 11.1. The van der Waals surface area contributed by atoms with Crippen LogP contribution in [-0.4, -0.2) is 35.8 Å². The van der Waals surface area contributed by atoms with E-state index >= 15 is 0 Å². The van der Waals surface area contributed by atoms with Gasteiger partial charge in [0.1, 0.15) is 0 Å². The Morgan fingerprint density at radius 3 is 1.17 bits per heavy atom. The molecule has 2 N–H and O–H groups in total. The van der Waals surface area contributed by atoms with Crippen molar-refractivity contribution >= 4 is 23.8 Å². The zero-order chi connectivity index (χ0) is 20.8. The van der Waals surface area contributed by atoms with Gasteiger partial charge in [0.05, 0.1) is 11.9 Å². The standard InChI is InChI=1S/2C10H15NO3.Zn/c2*12-9(6-7-10(13)14)11-8-4-2-1-3-5-8;/h2*6-8H,1-5H2,(H,11,12)(H,13,14);/q;;+2/p-2/b2*7-6-;. The van der Waals surface area contributed by atoms with Gasteiger partial charge in [-0.3, -0.25) is 9.59 Å². The van der Waals surface area contributed by atoms with Gasteiger partial charge in [-0.25, -0.2) is 0 Å². The summed E-state index contributed by atoms with van der Waals surface area (Å²) in [6.07, 6.45) is 14.5. The van der Waals surface area contributed by atoms with Crippen molar-refractivity contribution in [3.63, 3.8) is 0 Å². The first-order valence-electron chi connectivity index (χ1n) is 9.76. The van der Waals surface area contributed by atoms with E-state index in [0.29, 0.717) is 0 Å². The van der Waals surface area contributed by atoms with Crippen molar-refractivity contribution in [2.45, 2.75) is 76.3 Å². The number of aliphatic carboxylic acids is 2. The number of carboxylic acid groups (broad SMARTS) is 2. The van der Waals surface area contributed by atoms with E-state index in [4.69, 9.17) is 0 Å². The van der Waals surface area contributed by atoms with Crippen molar-refractivity contribution in [1.29, 1.82) is 0 Å². The average molecular weight is 458 g/mol. The van der Waals surface area contributed by atoms with E-state index in [9.17, 15) is 29.4 Å². The molecule has 0 aromatic heterocycles. The largest absolute Gasteiger partial charge is 2.00 e. The Labute approximate surface area is 184 Å². The molecule has 2 aliphatic carbocycles. The van der Waals surface area contributed by atoms with E-state index in [-0.39, 0.29) is 43.4 Å². The van der Waals surface area contributed by atoms with Crippen molar-refractivity contribution in [3.8, 4) is 0 Å². The number of hydrogen-bond donors (Lipinski definition) is 2. The summed E-state index contributed by atoms with van der Waals surface area (Å²) in [5, 5.41) is 25.6. The predicted octanol–water partition coefficient (Wildman–Crippen LogP) is -0.520. The number of nitrogens with one attached hydrogen (secondary N) is 2. The molecule has 0 atom stereocenters. The predicted molar refractivity (Wildman–Crippen MR) is 98.3 cm³/mol. The van der Waals surface area contributed by atoms with Gasteiger partial charge in [-0.15, -0.1) is 0 Å². The molecule has 2 aliphatic rings. The molecule has 2 fully saturated rings. The van der Waals surface area contributed by atoms with Gasteiger partial charge in [0.15, 0.2) is 0 Å². The van der Waals surface area contributed by atoms with Crippen LogP contribution in [0.1, 0.15) is 64.2 Å². The van der Waals surface area contributed by atoms with Gasteiger partial charge < -0.3 is 30.4 Å². The monoisotopic (exact) mass is 456 g/mol. The van der Waals surface area contributed by atoms with Crippen LogP contribution in [0.15, 0.2) is 24.3 Å². The molecule has 0 aliphatic heterocycles. The summed E-state index contributed by atoms with van der Waals surface area (Å²) in [5.41, 5.74) is 0. The Hall–Kier alpha value is -2.02. The second kappa shape index (κ2) is 15.9. The normalized spacial score (nSPS) is 17.7. The number of rotatable bonds is 6. The van der Waals surface area contributed by atoms with Crippen molar-refractivity contribution in [3.05, 3.63) is 24.3 Å². The van der Waals surface area contributed by atoms with Crippen LogP contribution in [0, 0.1) is 0 Å². The van der Waals surface area contributed by atoms with Gasteiger partial charge >= 0.3 is 19.5 Å². The molecule has 8 nitrogen and oxygen atoms in total. The quantitative estimate of drug-likeness (QED) is 0.406. The van der Waals surface area contributed by atoms with Gasteiger partial charge in [0, 0.05) is 24.2 Å². The number of amides is 2. The first-order chi connectivity index (χ1) is 13.4. The first-order valence-corrected chi connectivity index (χ1v) is 9.76. The molecule has 2 rings (SSSR count). The summed E-state index contributed by atoms with van der Waals surface area (Å²) in [5.74, 6) is -3.38. The van der Waals surface area contributed by atoms with Gasteiger partial charge in [-0.05, 0) is 37.8 Å². The van der Waals surface area contributed by atoms with E-state index in [1.807, 2.05) is 0 Å². The number of carboxylic acids is 2. The van der Waals surface area contributed by atoms with Crippen LogP contribution in [0.2, 0.25) is 0 Å². The zero-order valence-electron chi connectivity index (χ0n) is 16.7. The Bertz CT molecular complexity index is 542. The molecule has 0 heterocycles. The molecule has 9 heteroatoms. The molecule has 156 valence electrons. The molecule has 0 radical (unpaired) electrons. The second-order valence-electron chi connectivity index (χ2n) is 6.99. The van der Waals surface area contributed by atoms with Crippen molar-refractivity contribution in [2.75, 3.05) is 0 Å². The van der Waals surface area contributed by atoms with Crippen molar-refractivity contribution in [2.24, 2.45) is 0 Å². The SMILES string of the molecule is O=C([O-])/C=C\C(=O)NC1CCCCC1.O=C([O-])/C=C\C(=O)NC1CCCCC1.[Zn+2]. The van der Waals surface area contributed by atoms with Crippen LogP contribution in [0.3, 0.4) is 0 Å². The molecule has 2 saturated carbocycles. The summed E-state index contributed by atoms with van der Waals surface area (Å²) in [6.45, 7) is 0. The van der Waals surface area contributed by atoms with Gasteiger partial charge in [-0.2, -0.15) is 0 Å². The molecule has 2 amide bonds. The maximum absolute atomic E-state index is 11.1. The third kappa shape index (κ3) is 14.6. The average Bonchev–Trinajstić information content (AvgIpc) is 2.67. The Balaban J connectivity index is 0.000000523. The van der Waals surface area contributed by atoms with E-state index in [2.05, 4.69) is 10.6 Å². The second-order valence-corrected chi connectivity index (χ2v) is 6.99. The molecular formula is C20H28N2O6Zn. The third-order valence-corrected chi connectivity index (χ3v) is 4.64. The minimum absolute atomic E-state index is 0. The Morgan fingerprint density at radius 1 is 0.586 bits per heavy atom. The smallest absolute Gasteiger partial charge is 0.545 e. The minimum Gasteiger partial charge on any atom is -0.545 e. The summed E-state index contributed by atoms with van der Waals surface area (Å²) < 4.78 is 0. The van der Waals surface area contributed by atoms with Gasteiger partial charge in [-0.1, -0.05) is 38.5 Å². The molecule has 0 spiro atoms. The summed E-state index contributed by atoms with van der Waals surface area (Å²) >= 11 is 0. The van der Waals surface area contributed by atoms with Gasteiger partial charge in [0.2, 0.25) is 11.8 Å². The van der Waals surface area contributed by atoms with Crippen LogP contribution in [-0.2, 0) is 38.7 Å². The van der Waals surface area contributed by atoms with E-state index in [1.54, 1.807) is 0 Å². The molecule has 0 bridgehead atoms. The molecule has 29 heavy (non-hydrogen) atoms. The Kier molecular flexibility index (Phi) is 14.8. The van der Waals surface area contributed by atoms with Crippen LogP contribution in [0.4, 0.5) is 0 Å². The van der Waals surface area contributed by atoms with E-state index in [1.165, 1.54) is 12.8 Å². The van der Waals surface area contributed by atoms with Gasteiger partial charge in [0.25, 0.3) is 0 Å². The van der Waals surface area contributed by atoms with Crippen molar-refractivity contribution in [1.82, 2.24) is 10.6 Å². The molecule has 0 unspecified atom stereocenters. The maximum Gasteiger partial charge on any atom is 2.00 e. The summed E-state index contributed by atoms with van der Waals surface area (Å²) in [7, 11) is 0. The fourth-order valence-electron chi connectivity index (χ4n) is 3.28. The van der Waals surface area contributed by atoms with Crippen LogP contribution in [0.5, 0.6) is 0 Å². The molecule has 0 aromatic rings. The van der Waals surface area contributed by atoms with E-state index in [0.717, 1.165) is 75.7 Å². The molecule has 0 saturated heterocycles. The fourth-order valence-corrected chi connectivity index (χ4v) is 3.28. The number of carbonyl (C=O) groups is 4. The minimum atomic E-state index is -1.34. The van der Waals surface area contributed by atoms with Crippen molar-refractivity contribution < 1.29 is 48.9 Å². The Morgan fingerprint density at radius 2 is 0.897 bits per heavy atom. The molecule has 0 aromatic carbocycles. The summed E-state index contributed by atoms with van der Waals surface area (Å²) in [4.78, 5) is 42.3. The summed E-state index contributed by atoms with van der Waals surface area (Å²) in [6, 6.07) is 0.422. The van der Waals surface area contributed by atoms with Crippen LogP contribution >= 0.6 is 0 Å². The van der Waals surface area contributed by atoms with Crippen LogP contribution < -0.4 is 20.8 Å². The number of hydrogen-bond acceptors (Lipinski definition) is 6. The van der Waals surface area contributed by atoms with Crippen LogP contribution in [0.25, 0.3) is 0 Å². The van der Waals surface area contributed by atoms with E-state index < -0.39 is 11.9 Å². The zero-order valence-corrected chi connectivity index (χ0v) is 19.7. The fraction of sp³-hybridized carbons (Fsp3) is 0.600. The molecular weight excluding hydrogens is 430 g/mol. The first kappa shape index (κ1) is 27.0. The topological polar surface area (TPSA) is 138 Å². The third-order valence-electron chi connectivity index (χ3n) is 4.64. The number of carbonyl (C=O) groups excluding carboxylic acids is 4.